The Kier molecular flexibility index (Phi) is 5.63. The van der Waals surface area contributed by atoms with Crippen LogP contribution in [-0.2, 0) is 0 Å². The lowest BCUT2D eigenvalue weighted by Crippen LogP contribution is -2.13. The maximum atomic E-state index is 12.8. The van der Waals surface area contributed by atoms with Crippen LogP contribution in [0.5, 0.6) is 0 Å². The minimum atomic E-state index is -0.430. The third kappa shape index (κ3) is 3.97. The summed E-state index contributed by atoms with van der Waals surface area (Å²) in [5.41, 5.74) is 3.11. The molecule has 0 radical (unpaired) electrons. The number of benzene rings is 2. The maximum Gasteiger partial charge on any atom is 0.261 e. The monoisotopic (exact) mass is 421 g/mol. The van der Waals surface area contributed by atoms with Crippen LogP contribution in [0.15, 0.2) is 59.6 Å². The number of fused-ring (bicyclic) bond motifs is 1. The highest BCUT2D eigenvalue weighted by Gasteiger charge is 2.21. The van der Waals surface area contributed by atoms with Crippen LogP contribution in [0, 0.1) is 0 Å². The molecule has 152 valence electrons. The van der Waals surface area contributed by atoms with Crippen LogP contribution in [0.4, 0.5) is 17.2 Å². The molecule has 0 saturated carbocycles. The standard InChI is InChI=1S/C22H20ClN5O2/c1-3-13(2)14-4-6-15(7-5-14)26-21-17-8-9-18(23)19(20(17)30-28-21)22(29)27-16-10-24-12-25-11-16/h4-13H,3H2,1-2H3,(H,26,28)(H,27,29). The first-order valence-electron chi connectivity index (χ1n) is 9.58. The van der Waals surface area contributed by atoms with Gasteiger partial charge in [-0.05, 0) is 42.2 Å². The van der Waals surface area contributed by atoms with E-state index < -0.39 is 5.91 Å². The molecular weight excluding hydrogens is 402 g/mol. The molecule has 1 atom stereocenters. The van der Waals surface area contributed by atoms with Crippen LogP contribution in [0.1, 0.15) is 42.1 Å². The molecule has 0 saturated heterocycles. The van der Waals surface area contributed by atoms with Crippen molar-refractivity contribution in [1.29, 1.82) is 0 Å². The van der Waals surface area contributed by atoms with E-state index in [2.05, 4.69) is 51.7 Å². The molecule has 30 heavy (non-hydrogen) atoms. The van der Waals surface area contributed by atoms with E-state index in [0.717, 1.165) is 12.1 Å². The summed E-state index contributed by atoms with van der Waals surface area (Å²) in [7, 11) is 0. The van der Waals surface area contributed by atoms with Gasteiger partial charge in [0.1, 0.15) is 11.9 Å². The number of hydrogen-bond acceptors (Lipinski definition) is 6. The van der Waals surface area contributed by atoms with Crippen LogP contribution >= 0.6 is 11.6 Å². The highest BCUT2D eigenvalue weighted by molar-refractivity contribution is 6.36. The van der Waals surface area contributed by atoms with Crippen LogP contribution in [0.3, 0.4) is 0 Å². The summed E-state index contributed by atoms with van der Waals surface area (Å²) in [5.74, 6) is 0.584. The highest BCUT2D eigenvalue weighted by Crippen LogP contribution is 2.33. The lowest BCUT2D eigenvalue weighted by molar-refractivity contribution is 0.102. The summed E-state index contributed by atoms with van der Waals surface area (Å²) in [6.07, 6.45) is 5.46. The van der Waals surface area contributed by atoms with Gasteiger partial charge < -0.3 is 15.2 Å². The minimum absolute atomic E-state index is 0.200. The summed E-state index contributed by atoms with van der Waals surface area (Å²) in [5, 5.41) is 11.0. The zero-order valence-electron chi connectivity index (χ0n) is 16.5. The molecule has 2 heterocycles. The normalized spacial score (nSPS) is 12.0. The van der Waals surface area contributed by atoms with Crippen molar-refractivity contribution in [1.82, 2.24) is 15.1 Å². The Morgan fingerprint density at radius 1 is 1.10 bits per heavy atom. The van der Waals surface area contributed by atoms with E-state index in [1.54, 1.807) is 12.1 Å². The Balaban J connectivity index is 1.62. The van der Waals surface area contributed by atoms with Crippen LogP contribution in [-0.4, -0.2) is 21.0 Å². The van der Waals surface area contributed by atoms with Gasteiger partial charge in [-0.15, -0.1) is 0 Å². The molecule has 2 aromatic heterocycles. The summed E-state index contributed by atoms with van der Waals surface area (Å²) in [6, 6.07) is 11.6. The molecule has 0 fully saturated rings. The van der Waals surface area contributed by atoms with E-state index in [1.807, 2.05) is 12.1 Å². The zero-order chi connectivity index (χ0) is 21.1. The number of carbonyl (C=O) groups is 1. The average molecular weight is 422 g/mol. The van der Waals surface area contributed by atoms with Gasteiger partial charge in [0.15, 0.2) is 11.4 Å². The van der Waals surface area contributed by atoms with Crippen molar-refractivity contribution in [2.75, 3.05) is 10.6 Å². The smallest absolute Gasteiger partial charge is 0.261 e. The van der Waals surface area contributed by atoms with Crippen molar-refractivity contribution in [2.45, 2.75) is 26.2 Å². The highest BCUT2D eigenvalue weighted by atomic mass is 35.5. The summed E-state index contributed by atoms with van der Waals surface area (Å²) >= 11 is 6.29. The lowest BCUT2D eigenvalue weighted by atomic mass is 9.99. The summed E-state index contributed by atoms with van der Waals surface area (Å²) in [4.78, 5) is 20.6. The number of anilines is 3. The SMILES string of the molecule is CCC(C)c1ccc(Nc2noc3c(C(=O)Nc4cncnc4)c(Cl)ccc23)cc1. The van der Waals surface area contributed by atoms with E-state index in [9.17, 15) is 4.79 Å². The first-order chi connectivity index (χ1) is 14.6. The second-order valence-corrected chi connectivity index (χ2v) is 7.38. The molecule has 8 heteroatoms. The van der Waals surface area contributed by atoms with Crippen molar-refractivity contribution in [2.24, 2.45) is 0 Å². The fourth-order valence-corrected chi connectivity index (χ4v) is 3.34. The first-order valence-corrected chi connectivity index (χ1v) is 9.95. The molecule has 4 aromatic rings. The molecule has 7 nitrogen and oxygen atoms in total. The fraction of sp³-hybridized carbons (Fsp3) is 0.182. The molecule has 0 aliphatic rings. The van der Waals surface area contributed by atoms with Crippen molar-refractivity contribution >= 4 is 45.7 Å². The second kappa shape index (κ2) is 8.51. The van der Waals surface area contributed by atoms with Gasteiger partial charge in [0, 0.05) is 5.69 Å². The Morgan fingerprint density at radius 3 is 2.53 bits per heavy atom. The second-order valence-electron chi connectivity index (χ2n) is 6.97. The predicted octanol–water partition coefficient (Wildman–Crippen LogP) is 5.78. The lowest BCUT2D eigenvalue weighted by Gasteiger charge is -2.10. The molecule has 0 bridgehead atoms. The summed E-state index contributed by atoms with van der Waals surface area (Å²) in [6.45, 7) is 4.37. The van der Waals surface area contributed by atoms with Gasteiger partial charge in [0.05, 0.1) is 28.5 Å². The van der Waals surface area contributed by atoms with Gasteiger partial charge in [0.2, 0.25) is 0 Å². The van der Waals surface area contributed by atoms with E-state index >= 15 is 0 Å². The fourth-order valence-electron chi connectivity index (χ4n) is 3.11. The number of carbonyl (C=O) groups excluding carboxylic acids is 1. The van der Waals surface area contributed by atoms with Gasteiger partial charge in [-0.2, -0.15) is 0 Å². The largest absolute Gasteiger partial charge is 0.353 e. The van der Waals surface area contributed by atoms with E-state index in [0.29, 0.717) is 28.4 Å². The molecule has 1 unspecified atom stereocenters. The van der Waals surface area contributed by atoms with Crippen molar-refractivity contribution in [3.05, 3.63) is 71.3 Å². The van der Waals surface area contributed by atoms with Crippen LogP contribution in [0.2, 0.25) is 5.02 Å². The third-order valence-electron chi connectivity index (χ3n) is 4.99. The van der Waals surface area contributed by atoms with E-state index in [-0.39, 0.29) is 10.6 Å². The topological polar surface area (TPSA) is 92.9 Å². The van der Waals surface area contributed by atoms with E-state index in [4.69, 9.17) is 16.1 Å². The molecule has 2 aromatic carbocycles. The van der Waals surface area contributed by atoms with Crippen molar-refractivity contribution < 1.29 is 9.32 Å². The van der Waals surface area contributed by atoms with Gasteiger partial charge in [0.25, 0.3) is 5.91 Å². The zero-order valence-corrected chi connectivity index (χ0v) is 17.3. The van der Waals surface area contributed by atoms with Crippen molar-refractivity contribution in [3.8, 4) is 0 Å². The Bertz CT molecular complexity index is 1180. The molecular formula is C22H20ClN5O2. The average Bonchev–Trinajstić information content (AvgIpc) is 3.16. The number of aromatic nitrogens is 3. The molecule has 0 aliphatic carbocycles. The number of nitrogens with one attached hydrogen (secondary N) is 2. The van der Waals surface area contributed by atoms with Gasteiger partial charge in [-0.3, -0.25) is 4.79 Å². The molecule has 0 spiro atoms. The third-order valence-corrected chi connectivity index (χ3v) is 5.31. The van der Waals surface area contributed by atoms with Crippen molar-refractivity contribution in [3.63, 3.8) is 0 Å². The Morgan fingerprint density at radius 2 is 1.83 bits per heavy atom. The maximum absolute atomic E-state index is 12.8. The van der Waals surface area contributed by atoms with Gasteiger partial charge >= 0.3 is 0 Å². The van der Waals surface area contributed by atoms with E-state index in [1.165, 1.54) is 24.3 Å². The van der Waals surface area contributed by atoms with Gasteiger partial charge in [-0.25, -0.2) is 9.97 Å². The summed E-state index contributed by atoms with van der Waals surface area (Å²) < 4.78 is 5.48. The number of halogens is 1. The van der Waals surface area contributed by atoms with Gasteiger partial charge in [-0.1, -0.05) is 42.7 Å². The quantitative estimate of drug-likeness (QED) is 0.410. The Labute approximate surface area is 178 Å². The number of nitrogens with zero attached hydrogens (tertiary/aromatic N) is 3. The molecule has 2 N–H and O–H groups in total. The Hall–Kier alpha value is -3.45. The van der Waals surface area contributed by atoms with Crippen LogP contribution in [0.25, 0.3) is 11.0 Å². The number of amides is 1. The van der Waals surface area contributed by atoms with Crippen LogP contribution < -0.4 is 10.6 Å². The minimum Gasteiger partial charge on any atom is -0.353 e. The molecule has 4 rings (SSSR count). The number of hydrogen-bond donors (Lipinski definition) is 2. The number of rotatable bonds is 6. The first kappa shape index (κ1) is 19.8. The molecule has 1 amide bonds. The predicted molar refractivity (Wildman–Crippen MR) is 117 cm³/mol. The molecule has 0 aliphatic heterocycles.